The standard InChI is InChI=1S/C6H7N.C5H14NO.HO3P/c7-6-4-2-1-3-5-6;1-6(2,3)4-5-7;1-4(2)3/h1-5H,7H2;7H,4-5H2,1-3H3;(H-,1,2,3)/q;+1;/p+1. The first-order valence-electron chi connectivity index (χ1n) is 5.26. The second kappa shape index (κ2) is 11.1. The molecule has 0 aromatic heterocycles. The largest absolute Gasteiger partial charge is 0.692 e. The Morgan fingerprint density at radius 1 is 1.17 bits per heavy atom. The highest BCUT2D eigenvalue weighted by Crippen LogP contribution is 1.98. The molecule has 104 valence electrons. The zero-order valence-electron chi connectivity index (χ0n) is 11.0. The van der Waals surface area contributed by atoms with Gasteiger partial charge in [-0.05, 0) is 12.1 Å². The molecule has 6 nitrogen and oxygen atoms in total. The number of aliphatic hydroxyl groups is 1. The Morgan fingerprint density at radius 3 is 1.67 bits per heavy atom. The van der Waals surface area contributed by atoms with Crippen LogP contribution >= 0.6 is 8.25 Å². The molecule has 0 atom stereocenters. The molecule has 1 aromatic carbocycles. The predicted molar refractivity (Wildman–Crippen MR) is 72.9 cm³/mol. The molecule has 0 bridgehead atoms. The van der Waals surface area contributed by atoms with E-state index in [2.05, 4.69) is 21.1 Å². The molecule has 0 fully saturated rings. The van der Waals surface area contributed by atoms with E-state index in [9.17, 15) is 0 Å². The SMILES string of the molecule is C[N+](C)(C)CCO.Nc1ccccc1.O=[P+](O)O. The van der Waals surface area contributed by atoms with Gasteiger partial charge in [0, 0.05) is 10.3 Å². The molecule has 0 saturated heterocycles. The van der Waals surface area contributed by atoms with Gasteiger partial charge in [0.15, 0.2) is 0 Å². The first-order chi connectivity index (χ1) is 8.19. The lowest BCUT2D eigenvalue weighted by atomic mass is 10.3. The first kappa shape index (κ1) is 19.3. The zero-order chi connectivity index (χ0) is 14.6. The van der Waals surface area contributed by atoms with Crippen LogP contribution in [0.1, 0.15) is 0 Å². The van der Waals surface area contributed by atoms with Crippen molar-refractivity contribution in [1.29, 1.82) is 0 Å². The summed E-state index contributed by atoms with van der Waals surface area (Å²) in [5.74, 6) is 0. The molecule has 18 heavy (non-hydrogen) atoms. The second-order valence-corrected chi connectivity index (χ2v) is 4.91. The van der Waals surface area contributed by atoms with E-state index in [1.165, 1.54) is 0 Å². The second-order valence-electron chi connectivity index (χ2n) is 4.40. The van der Waals surface area contributed by atoms with E-state index in [0.717, 1.165) is 16.7 Å². The minimum Gasteiger partial charge on any atom is -0.399 e. The average Bonchev–Trinajstić information content (AvgIpc) is 2.16. The molecule has 0 aliphatic carbocycles. The van der Waals surface area contributed by atoms with Gasteiger partial charge in [0.1, 0.15) is 6.54 Å². The zero-order valence-corrected chi connectivity index (χ0v) is 11.9. The first-order valence-corrected chi connectivity index (χ1v) is 6.42. The van der Waals surface area contributed by atoms with Crippen LogP contribution in [0.2, 0.25) is 0 Å². The number of para-hydroxylation sites is 1. The Balaban J connectivity index is 0. The minimum atomic E-state index is -2.87. The van der Waals surface area contributed by atoms with Crippen molar-refractivity contribution in [3.63, 3.8) is 0 Å². The number of hydrogen-bond donors (Lipinski definition) is 4. The third-order valence-corrected chi connectivity index (χ3v) is 1.57. The van der Waals surface area contributed by atoms with E-state index in [1.807, 2.05) is 30.3 Å². The fourth-order valence-electron chi connectivity index (χ4n) is 0.753. The van der Waals surface area contributed by atoms with E-state index in [0.29, 0.717) is 0 Å². The molecule has 0 radical (unpaired) electrons. The number of rotatable bonds is 2. The van der Waals surface area contributed by atoms with Crippen LogP contribution in [0.4, 0.5) is 5.69 Å². The summed E-state index contributed by atoms with van der Waals surface area (Å²) in [6.45, 7) is 1.11. The number of hydrogen-bond acceptors (Lipinski definition) is 3. The molecular formula is C11H23N2O4P+2. The van der Waals surface area contributed by atoms with Gasteiger partial charge in [-0.25, -0.2) is 0 Å². The Hall–Kier alpha value is -1.04. The van der Waals surface area contributed by atoms with Crippen molar-refractivity contribution >= 4 is 13.9 Å². The van der Waals surface area contributed by atoms with E-state index < -0.39 is 8.25 Å². The monoisotopic (exact) mass is 278 g/mol. The lowest BCUT2D eigenvalue weighted by Gasteiger charge is -2.21. The average molecular weight is 278 g/mol. The van der Waals surface area contributed by atoms with Crippen LogP contribution in [-0.2, 0) is 4.57 Å². The van der Waals surface area contributed by atoms with Crippen molar-refractivity contribution in [3.8, 4) is 0 Å². The van der Waals surface area contributed by atoms with Gasteiger partial charge in [0.2, 0.25) is 0 Å². The number of anilines is 1. The van der Waals surface area contributed by atoms with Crippen molar-refractivity contribution in [2.24, 2.45) is 0 Å². The van der Waals surface area contributed by atoms with Gasteiger partial charge in [-0.3, -0.25) is 0 Å². The van der Waals surface area contributed by atoms with Crippen LogP contribution in [0.5, 0.6) is 0 Å². The highest BCUT2D eigenvalue weighted by atomic mass is 31.1. The Labute approximate surface area is 109 Å². The predicted octanol–water partition coefficient (Wildman–Crippen LogP) is 0.582. The summed E-state index contributed by atoms with van der Waals surface area (Å²) in [5, 5.41) is 8.39. The van der Waals surface area contributed by atoms with Gasteiger partial charge in [0.05, 0.1) is 27.7 Å². The maximum Gasteiger partial charge on any atom is 0.692 e. The van der Waals surface area contributed by atoms with Crippen molar-refractivity contribution in [2.75, 3.05) is 40.0 Å². The maximum absolute atomic E-state index is 8.70. The van der Waals surface area contributed by atoms with Gasteiger partial charge in [-0.15, -0.1) is 9.79 Å². The molecule has 0 amide bonds. The third-order valence-electron chi connectivity index (χ3n) is 1.57. The fraction of sp³-hybridized carbons (Fsp3) is 0.455. The lowest BCUT2D eigenvalue weighted by Crippen LogP contribution is -2.36. The summed E-state index contributed by atoms with van der Waals surface area (Å²) in [7, 11) is 3.29. The highest BCUT2D eigenvalue weighted by Gasteiger charge is 2.02. The summed E-state index contributed by atoms with van der Waals surface area (Å²) >= 11 is 0. The summed E-state index contributed by atoms with van der Waals surface area (Å²) in [4.78, 5) is 14.2. The van der Waals surface area contributed by atoms with E-state index in [-0.39, 0.29) is 6.61 Å². The van der Waals surface area contributed by atoms with E-state index in [4.69, 9.17) is 25.2 Å². The van der Waals surface area contributed by atoms with Gasteiger partial charge in [-0.1, -0.05) is 18.2 Å². The molecule has 1 aromatic rings. The molecule has 0 aliphatic rings. The Bertz CT molecular complexity index is 311. The fourth-order valence-corrected chi connectivity index (χ4v) is 0.753. The van der Waals surface area contributed by atoms with Crippen LogP contribution in [0.25, 0.3) is 0 Å². The minimum absolute atomic E-state index is 0.281. The summed E-state index contributed by atoms with van der Waals surface area (Å²) in [5.41, 5.74) is 6.18. The number of benzene rings is 1. The quantitative estimate of drug-likeness (QED) is 0.360. The van der Waals surface area contributed by atoms with Crippen LogP contribution in [-0.4, -0.2) is 53.7 Å². The van der Waals surface area contributed by atoms with Gasteiger partial charge >= 0.3 is 8.25 Å². The van der Waals surface area contributed by atoms with Gasteiger partial charge < -0.3 is 15.3 Å². The Kier molecular flexibility index (Phi) is 11.9. The number of likely N-dealkylation sites (N-methyl/N-ethyl adjacent to an activating group) is 1. The van der Waals surface area contributed by atoms with Crippen molar-refractivity contribution in [2.45, 2.75) is 0 Å². The summed E-state index contributed by atoms with van der Waals surface area (Å²) < 4.78 is 9.55. The van der Waals surface area contributed by atoms with E-state index >= 15 is 0 Å². The molecule has 5 N–H and O–H groups in total. The third kappa shape index (κ3) is 24.3. The number of aliphatic hydroxyl groups excluding tert-OH is 1. The van der Waals surface area contributed by atoms with Crippen LogP contribution in [0, 0.1) is 0 Å². The number of quaternary nitrogens is 1. The lowest BCUT2D eigenvalue weighted by molar-refractivity contribution is -0.870. The molecular weight excluding hydrogens is 255 g/mol. The summed E-state index contributed by atoms with van der Waals surface area (Å²) in [6.07, 6.45) is 0. The molecule has 0 saturated carbocycles. The smallest absolute Gasteiger partial charge is 0.399 e. The molecule has 0 unspecified atom stereocenters. The molecule has 0 heterocycles. The van der Waals surface area contributed by atoms with Crippen molar-refractivity contribution < 1.29 is 23.9 Å². The summed E-state index contributed by atoms with van der Waals surface area (Å²) in [6, 6.07) is 9.49. The van der Waals surface area contributed by atoms with Crippen LogP contribution in [0.15, 0.2) is 30.3 Å². The van der Waals surface area contributed by atoms with Crippen molar-refractivity contribution in [3.05, 3.63) is 30.3 Å². The van der Waals surface area contributed by atoms with Gasteiger partial charge in [-0.2, -0.15) is 0 Å². The molecule has 0 spiro atoms. The topological polar surface area (TPSA) is 104 Å². The molecule has 1 rings (SSSR count). The molecule has 7 heteroatoms. The maximum atomic E-state index is 8.70. The number of nitrogens with zero attached hydrogens (tertiary/aromatic N) is 1. The van der Waals surface area contributed by atoms with E-state index in [1.54, 1.807) is 0 Å². The van der Waals surface area contributed by atoms with Gasteiger partial charge in [0.25, 0.3) is 0 Å². The van der Waals surface area contributed by atoms with Crippen molar-refractivity contribution in [1.82, 2.24) is 0 Å². The van der Waals surface area contributed by atoms with Crippen LogP contribution < -0.4 is 5.73 Å². The number of nitrogen functional groups attached to an aromatic ring is 1. The normalized spacial score (nSPS) is 9.44. The molecule has 0 aliphatic heterocycles. The highest BCUT2D eigenvalue weighted by molar-refractivity contribution is 7.30. The van der Waals surface area contributed by atoms with Crippen LogP contribution in [0.3, 0.4) is 0 Å². The Morgan fingerprint density at radius 2 is 1.56 bits per heavy atom. The number of nitrogens with two attached hydrogens (primary N) is 1.